The van der Waals surface area contributed by atoms with Crippen molar-refractivity contribution in [2.45, 2.75) is 38.8 Å². The van der Waals surface area contributed by atoms with Gasteiger partial charge >= 0.3 is 5.97 Å². The molecule has 8 heteroatoms. The number of nitrogens with zero attached hydrogens (tertiary/aromatic N) is 1. The lowest BCUT2D eigenvalue weighted by Crippen LogP contribution is -2.37. The summed E-state index contributed by atoms with van der Waals surface area (Å²) in [5, 5.41) is 2.60. The van der Waals surface area contributed by atoms with E-state index in [1.807, 2.05) is 12.2 Å². The molecular formula is C21H23FN2O5. The molecule has 1 heterocycles. The standard InChI is InChI=1S/C21H23FN2O5/c1-13(19(26)23-12-14-6-8-15(22)9-7-14)29-18(25)10-11-24-20(27)16-4-2-3-5-17(16)21(24)28/h2-3,6-9,13,16-17H,4-5,10-12H2,1H3,(H,23,26)/t13-,16-,17+/m0/s1. The third-order valence-electron chi connectivity index (χ3n) is 5.20. The smallest absolute Gasteiger partial charge is 0.308 e. The van der Waals surface area contributed by atoms with Crippen molar-refractivity contribution in [3.05, 3.63) is 47.8 Å². The van der Waals surface area contributed by atoms with E-state index in [9.17, 15) is 23.6 Å². The molecular weight excluding hydrogens is 379 g/mol. The Morgan fingerprint density at radius 1 is 1.14 bits per heavy atom. The molecule has 1 aromatic carbocycles. The van der Waals surface area contributed by atoms with Crippen molar-refractivity contribution >= 4 is 23.7 Å². The Kier molecular flexibility index (Phi) is 6.41. The van der Waals surface area contributed by atoms with E-state index in [1.54, 1.807) is 12.1 Å². The highest BCUT2D eigenvalue weighted by atomic mass is 19.1. The average molecular weight is 402 g/mol. The molecule has 1 N–H and O–H groups in total. The molecule has 0 spiro atoms. The number of imide groups is 1. The van der Waals surface area contributed by atoms with Crippen LogP contribution < -0.4 is 5.32 Å². The minimum absolute atomic E-state index is 0.0482. The first-order valence-corrected chi connectivity index (χ1v) is 9.58. The third-order valence-corrected chi connectivity index (χ3v) is 5.20. The number of nitrogens with one attached hydrogen (secondary N) is 1. The number of amides is 3. The van der Waals surface area contributed by atoms with E-state index in [2.05, 4.69) is 5.32 Å². The van der Waals surface area contributed by atoms with Crippen LogP contribution in [-0.2, 0) is 30.5 Å². The van der Waals surface area contributed by atoms with Crippen molar-refractivity contribution in [1.82, 2.24) is 10.2 Å². The summed E-state index contributed by atoms with van der Waals surface area (Å²) in [6.45, 7) is 1.56. The zero-order valence-corrected chi connectivity index (χ0v) is 16.1. The van der Waals surface area contributed by atoms with Crippen LogP contribution in [0.4, 0.5) is 4.39 Å². The van der Waals surface area contributed by atoms with E-state index < -0.39 is 18.0 Å². The molecule has 1 saturated heterocycles. The van der Waals surface area contributed by atoms with Gasteiger partial charge in [0.05, 0.1) is 18.3 Å². The highest BCUT2D eigenvalue weighted by Crippen LogP contribution is 2.35. The van der Waals surface area contributed by atoms with Gasteiger partial charge in [0.2, 0.25) is 11.8 Å². The lowest BCUT2D eigenvalue weighted by atomic mass is 9.85. The van der Waals surface area contributed by atoms with Crippen molar-refractivity contribution in [3.63, 3.8) is 0 Å². The zero-order chi connectivity index (χ0) is 21.0. The Morgan fingerprint density at radius 3 is 2.31 bits per heavy atom. The van der Waals surface area contributed by atoms with Crippen LogP contribution >= 0.6 is 0 Å². The number of esters is 1. The van der Waals surface area contributed by atoms with Crippen LogP contribution in [0, 0.1) is 17.7 Å². The molecule has 0 bridgehead atoms. The van der Waals surface area contributed by atoms with Crippen LogP contribution in [0.25, 0.3) is 0 Å². The third kappa shape index (κ3) is 4.88. The molecule has 1 fully saturated rings. The summed E-state index contributed by atoms with van der Waals surface area (Å²) in [4.78, 5) is 50.0. The van der Waals surface area contributed by atoms with Gasteiger partial charge in [0, 0.05) is 13.1 Å². The fraction of sp³-hybridized carbons (Fsp3) is 0.429. The number of benzene rings is 1. The molecule has 3 rings (SSSR count). The number of halogens is 1. The second-order valence-electron chi connectivity index (χ2n) is 7.21. The molecule has 29 heavy (non-hydrogen) atoms. The van der Waals surface area contributed by atoms with E-state index in [-0.39, 0.29) is 49.0 Å². The summed E-state index contributed by atoms with van der Waals surface area (Å²) in [6, 6.07) is 5.67. The maximum atomic E-state index is 12.9. The van der Waals surface area contributed by atoms with Gasteiger partial charge in [-0.25, -0.2) is 4.39 Å². The minimum Gasteiger partial charge on any atom is -0.452 e. The molecule has 0 radical (unpaired) electrons. The van der Waals surface area contributed by atoms with E-state index in [1.165, 1.54) is 19.1 Å². The van der Waals surface area contributed by atoms with Gasteiger partial charge in [0.15, 0.2) is 6.10 Å². The molecule has 7 nitrogen and oxygen atoms in total. The molecule has 1 aliphatic carbocycles. The largest absolute Gasteiger partial charge is 0.452 e. The summed E-state index contributed by atoms with van der Waals surface area (Å²) >= 11 is 0. The SMILES string of the molecule is C[C@H](OC(=O)CCN1C(=O)[C@H]2CC=CC[C@H]2C1=O)C(=O)NCc1ccc(F)cc1. The van der Waals surface area contributed by atoms with Crippen molar-refractivity contribution in [2.24, 2.45) is 11.8 Å². The predicted octanol–water partition coefficient (Wildman–Crippen LogP) is 1.71. The molecule has 0 saturated carbocycles. The van der Waals surface area contributed by atoms with Gasteiger partial charge < -0.3 is 10.1 Å². The van der Waals surface area contributed by atoms with Gasteiger partial charge in [0.1, 0.15) is 5.82 Å². The molecule has 0 unspecified atom stereocenters. The van der Waals surface area contributed by atoms with E-state index in [4.69, 9.17) is 4.74 Å². The monoisotopic (exact) mass is 402 g/mol. The predicted molar refractivity (Wildman–Crippen MR) is 100 cm³/mol. The number of likely N-dealkylation sites (tertiary alicyclic amines) is 1. The Bertz CT molecular complexity index is 810. The topological polar surface area (TPSA) is 92.8 Å². The molecule has 154 valence electrons. The summed E-state index contributed by atoms with van der Waals surface area (Å²) in [7, 11) is 0. The van der Waals surface area contributed by atoms with E-state index in [0.717, 1.165) is 4.90 Å². The van der Waals surface area contributed by atoms with Crippen LogP contribution in [0.3, 0.4) is 0 Å². The fourth-order valence-electron chi connectivity index (χ4n) is 3.54. The first-order valence-electron chi connectivity index (χ1n) is 9.58. The van der Waals surface area contributed by atoms with Crippen molar-refractivity contribution < 1.29 is 28.3 Å². The second-order valence-corrected chi connectivity index (χ2v) is 7.21. The van der Waals surface area contributed by atoms with Crippen LogP contribution in [0.5, 0.6) is 0 Å². The van der Waals surface area contributed by atoms with Crippen LogP contribution in [0.2, 0.25) is 0 Å². The number of allylic oxidation sites excluding steroid dienone is 2. The number of carbonyl (C=O) groups is 4. The van der Waals surface area contributed by atoms with E-state index in [0.29, 0.717) is 18.4 Å². The molecule has 3 amide bonds. The van der Waals surface area contributed by atoms with Gasteiger partial charge in [-0.3, -0.25) is 24.1 Å². The Morgan fingerprint density at radius 2 is 1.72 bits per heavy atom. The average Bonchev–Trinajstić information content (AvgIpc) is 2.96. The van der Waals surface area contributed by atoms with Gasteiger partial charge in [-0.05, 0) is 37.5 Å². The number of hydrogen-bond acceptors (Lipinski definition) is 5. The zero-order valence-electron chi connectivity index (χ0n) is 16.1. The summed E-state index contributed by atoms with van der Waals surface area (Å²) in [5.74, 6) is -2.69. The normalized spacial score (nSPS) is 21.7. The molecule has 2 aliphatic rings. The number of carbonyl (C=O) groups excluding carboxylic acids is 4. The maximum absolute atomic E-state index is 12.9. The minimum atomic E-state index is -1.03. The Labute approximate surface area is 167 Å². The molecule has 1 aromatic rings. The fourth-order valence-corrected chi connectivity index (χ4v) is 3.54. The lowest BCUT2D eigenvalue weighted by Gasteiger charge is -2.16. The van der Waals surface area contributed by atoms with Crippen LogP contribution in [-0.4, -0.2) is 41.2 Å². The molecule has 1 aliphatic heterocycles. The molecule has 0 aromatic heterocycles. The summed E-state index contributed by atoms with van der Waals surface area (Å²) in [6.07, 6.45) is 3.69. The number of ether oxygens (including phenoxy) is 1. The van der Waals surface area contributed by atoms with Gasteiger partial charge in [0.25, 0.3) is 5.91 Å². The number of rotatable bonds is 7. The Balaban J connectivity index is 1.43. The van der Waals surface area contributed by atoms with Crippen molar-refractivity contribution in [1.29, 1.82) is 0 Å². The highest BCUT2D eigenvalue weighted by molar-refractivity contribution is 6.05. The number of hydrogen-bond donors (Lipinski definition) is 1. The lowest BCUT2D eigenvalue weighted by molar-refractivity contribution is -0.155. The van der Waals surface area contributed by atoms with Gasteiger partial charge in [-0.15, -0.1) is 0 Å². The first-order chi connectivity index (χ1) is 13.9. The number of fused-ring (bicyclic) bond motifs is 1. The Hall–Kier alpha value is -3.03. The summed E-state index contributed by atoms with van der Waals surface area (Å²) in [5.41, 5.74) is 0.709. The first kappa shape index (κ1) is 20.7. The summed E-state index contributed by atoms with van der Waals surface area (Å²) < 4.78 is 18.0. The van der Waals surface area contributed by atoms with Crippen LogP contribution in [0.15, 0.2) is 36.4 Å². The van der Waals surface area contributed by atoms with Gasteiger partial charge in [-0.2, -0.15) is 0 Å². The maximum Gasteiger partial charge on any atom is 0.308 e. The highest BCUT2D eigenvalue weighted by Gasteiger charge is 2.47. The second kappa shape index (κ2) is 8.98. The van der Waals surface area contributed by atoms with Gasteiger partial charge in [-0.1, -0.05) is 24.3 Å². The quantitative estimate of drug-likeness (QED) is 0.426. The van der Waals surface area contributed by atoms with E-state index >= 15 is 0 Å². The van der Waals surface area contributed by atoms with Crippen molar-refractivity contribution in [3.8, 4) is 0 Å². The molecule has 3 atom stereocenters. The van der Waals surface area contributed by atoms with Crippen LogP contribution in [0.1, 0.15) is 31.7 Å². The van der Waals surface area contributed by atoms with Crippen molar-refractivity contribution in [2.75, 3.05) is 6.54 Å².